The Kier molecular flexibility index (Phi) is 8.55. The van der Waals surface area contributed by atoms with Gasteiger partial charge in [0.1, 0.15) is 11.7 Å². The first-order valence-electron chi connectivity index (χ1n) is 10.1. The Balaban J connectivity index is 1.88. The number of halogens is 1. The maximum absolute atomic E-state index is 11.5. The van der Waals surface area contributed by atoms with E-state index in [1.54, 1.807) is 14.2 Å². The lowest BCUT2D eigenvalue weighted by atomic mass is 9.88. The average Bonchev–Trinajstić information content (AvgIpc) is 2.94. The zero-order chi connectivity index (χ0) is 20.9. The van der Waals surface area contributed by atoms with Crippen molar-refractivity contribution < 1.29 is 33.5 Å². The molecule has 2 saturated heterocycles. The van der Waals surface area contributed by atoms with Crippen LogP contribution in [-0.4, -0.2) is 62.4 Å². The van der Waals surface area contributed by atoms with E-state index in [9.17, 15) is 4.79 Å². The Morgan fingerprint density at radius 2 is 1.93 bits per heavy atom. The molecule has 2 aliphatic heterocycles. The van der Waals surface area contributed by atoms with Gasteiger partial charge in [-0.3, -0.25) is 4.79 Å². The van der Waals surface area contributed by atoms with Crippen molar-refractivity contribution in [2.75, 3.05) is 21.3 Å². The summed E-state index contributed by atoms with van der Waals surface area (Å²) in [6, 6.07) is 0. The number of rotatable bonds is 9. The second-order valence-electron chi connectivity index (χ2n) is 8.05. The SMILES string of the molecule is CC[C@H]1O[C@H](CCC[C@]2(OC)C[C@H](C)[C@H](CC(=O)OC)OO2)[C@@H](Cl)[C@]1(C)OC. The highest BCUT2D eigenvalue weighted by Crippen LogP contribution is 2.42. The first-order valence-corrected chi connectivity index (χ1v) is 10.5. The third-order valence-corrected chi connectivity index (χ3v) is 6.98. The molecule has 7 nitrogen and oxygen atoms in total. The lowest BCUT2D eigenvalue weighted by Gasteiger charge is -2.41. The van der Waals surface area contributed by atoms with Gasteiger partial charge in [-0.05, 0) is 32.1 Å². The largest absolute Gasteiger partial charge is 0.469 e. The molecule has 2 fully saturated rings. The van der Waals surface area contributed by atoms with E-state index < -0.39 is 11.4 Å². The fraction of sp³-hybridized carbons (Fsp3) is 0.950. The van der Waals surface area contributed by atoms with Crippen molar-refractivity contribution in [3.8, 4) is 0 Å². The highest BCUT2D eigenvalue weighted by atomic mass is 35.5. The summed E-state index contributed by atoms with van der Waals surface area (Å²) in [5, 5.41) is -0.215. The summed E-state index contributed by atoms with van der Waals surface area (Å²) in [6.45, 7) is 6.11. The number of carbonyl (C=O) groups is 1. The van der Waals surface area contributed by atoms with Crippen LogP contribution in [0, 0.1) is 5.92 Å². The van der Waals surface area contributed by atoms with E-state index in [0.717, 1.165) is 19.3 Å². The van der Waals surface area contributed by atoms with Crippen LogP contribution in [0.4, 0.5) is 0 Å². The fourth-order valence-corrected chi connectivity index (χ4v) is 4.66. The summed E-state index contributed by atoms with van der Waals surface area (Å²) in [4.78, 5) is 22.6. The first kappa shape index (κ1) is 23.8. The molecule has 2 rings (SSSR count). The molecule has 0 aromatic heterocycles. The Labute approximate surface area is 173 Å². The van der Waals surface area contributed by atoms with Gasteiger partial charge < -0.3 is 18.9 Å². The lowest BCUT2D eigenvalue weighted by molar-refractivity contribution is -0.475. The van der Waals surface area contributed by atoms with E-state index in [0.29, 0.717) is 12.8 Å². The Hall–Kier alpha value is -0.440. The molecule has 2 aliphatic rings. The summed E-state index contributed by atoms with van der Waals surface area (Å²) in [5.41, 5.74) is -0.486. The Morgan fingerprint density at radius 3 is 2.43 bits per heavy atom. The number of esters is 1. The summed E-state index contributed by atoms with van der Waals surface area (Å²) in [5.74, 6) is -1.05. The summed E-state index contributed by atoms with van der Waals surface area (Å²) in [6.07, 6.45) is 3.42. The number of ether oxygens (including phenoxy) is 4. The van der Waals surface area contributed by atoms with Gasteiger partial charge >= 0.3 is 5.97 Å². The maximum atomic E-state index is 11.5. The summed E-state index contributed by atoms with van der Waals surface area (Å²) >= 11 is 6.67. The highest BCUT2D eigenvalue weighted by molar-refractivity contribution is 6.22. The number of hydrogen-bond acceptors (Lipinski definition) is 7. The minimum Gasteiger partial charge on any atom is -0.469 e. The zero-order valence-electron chi connectivity index (χ0n) is 17.9. The smallest absolute Gasteiger partial charge is 0.308 e. The van der Waals surface area contributed by atoms with Crippen molar-refractivity contribution in [2.45, 2.75) is 94.4 Å². The monoisotopic (exact) mass is 422 g/mol. The van der Waals surface area contributed by atoms with Crippen LogP contribution in [0.2, 0.25) is 0 Å². The molecule has 0 aromatic rings. The topological polar surface area (TPSA) is 72.5 Å². The zero-order valence-corrected chi connectivity index (χ0v) is 18.6. The molecular formula is C20H35ClO7. The maximum Gasteiger partial charge on any atom is 0.308 e. The van der Waals surface area contributed by atoms with Crippen LogP contribution >= 0.6 is 11.6 Å². The first-order chi connectivity index (χ1) is 13.2. The quantitative estimate of drug-likeness (QED) is 0.319. The molecule has 0 aromatic carbocycles. The third-order valence-electron chi connectivity index (χ3n) is 6.27. The normalized spacial score (nSPS) is 41.2. The number of carbonyl (C=O) groups excluding carboxylic acids is 1. The van der Waals surface area contributed by atoms with Gasteiger partial charge in [0, 0.05) is 27.1 Å². The summed E-state index contributed by atoms with van der Waals surface area (Å²) < 4.78 is 22.2. The molecule has 0 saturated carbocycles. The highest BCUT2D eigenvalue weighted by Gasteiger charge is 2.52. The molecule has 0 radical (unpaired) electrons. The van der Waals surface area contributed by atoms with E-state index in [-0.39, 0.29) is 42.0 Å². The molecule has 28 heavy (non-hydrogen) atoms. The van der Waals surface area contributed by atoms with E-state index in [2.05, 4.69) is 6.92 Å². The molecule has 0 unspecified atom stereocenters. The standard InChI is InChI=1S/C20H35ClO7/c1-7-16-19(3,24-5)18(21)14(26-16)9-8-10-20(25-6)12-13(2)15(27-28-20)11-17(22)23-4/h13-16,18H,7-12H2,1-6H3/t13-,14+,15-,16+,18+,19+,20+/m0/s1. The predicted molar refractivity (Wildman–Crippen MR) is 104 cm³/mol. The van der Waals surface area contributed by atoms with E-state index >= 15 is 0 Å². The number of alkyl halides is 1. The molecule has 2 heterocycles. The van der Waals surface area contributed by atoms with Gasteiger partial charge in [-0.1, -0.05) is 13.8 Å². The average molecular weight is 423 g/mol. The molecular weight excluding hydrogens is 388 g/mol. The van der Waals surface area contributed by atoms with Gasteiger partial charge in [0.15, 0.2) is 0 Å². The van der Waals surface area contributed by atoms with Crippen LogP contribution < -0.4 is 0 Å². The van der Waals surface area contributed by atoms with Gasteiger partial charge in [0.25, 0.3) is 0 Å². The van der Waals surface area contributed by atoms with E-state index in [1.807, 2.05) is 13.8 Å². The molecule has 0 bridgehead atoms. The molecule has 8 heteroatoms. The molecule has 7 atom stereocenters. The van der Waals surface area contributed by atoms with Crippen molar-refractivity contribution in [2.24, 2.45) is 5.92 Å². The second kappa shape index (κ2) is 10.0. The minimum atomic E-state index is -0.832. The van der Waals surface area contributed by atoms with Crippen molar-refractivity contribution in [1.29, 1.82) is 0 Å². The van der Waals surface area contributed by atoms with Gasteiger partial charge in [0.05, 0.1) is 31.1 Å². The number of methoxy groups -OCH3 is 3. The van der Waals surface area contributed by atoms with Crippen LogP contribution in [0.25, 0.3) is 0 Å². The van der Waals surface area contributed by atoms with Crippen molar-refractivity contribution in [1.82, 2.24) is 0 Å². The molecule has 0 spiro atoms. The number of hydrogen-bond donors (Lipinski definition) is 0. The van der Waals surface area contributed by atoms with Gasteiger partial charge in [-0.2, -0.15) is 0 Å². The van der Waals surface area contributed by atoms with Crippen LogP contribution in [0.5, 0.6) is 0 Å². The van der Waals surface area contributed by atoms with Crippen LogP contribution in [0.1, 0.15) is 59.3 Å². The third kappa shape index (κ3) is 4.99. The van der Waals surface area contributed by atoms with Gasteiger partial charge in [0.2, 0.25) is 5.79 Å². The van der Waals surface area contributed by atoms with E-state index in [4.69, 9.17) is 40.3 Å². The van der Waals surface area contributed by atoms with Crippen molar-refractivity contribution in [3.05, 3.63) is 0 Å². The molecule has 164 valence electrons. The van der Waals surface area contributed by atoms with Crippen LogP contribution in [0.15, 0.2) is 0 Å². The molecule has 0 amide bonds. The van der Waals surface area contributed by atoms with E-state index in [1.165, 1.54) is 7.11 Å². The van der Waals surface area contributed by atoms with Crippen molar-refractivity contribution >= 4 is 17.6 Å². The van der Waals surface area contributed by atoms with Crippen LogP contribution in [0.3, 0.4) is 0 Å². The Morgan fingerprint density at radius 1 is 1.21 bits per heavy atom. The lowest BCUT2D eigenvalue weighted by Crippen LogP contribution is -2.46. The predicted octanol–water partition coefficient (Wildman–Crippen LogP) is 3.61. The summed E-state index contributed by atoms with van der Waals surface area (Å²) in [7, 11) is 4.66. The fourth-order valence-electron chi connectivity index (χ4n) is 4.24. The Bertz CT molecular complexity index is 519. The van der Waals surface area contributed by atoms with Gasteiger partial charge in [-0.15, -0.1) is 11.6 Å². The second-order valence-corrected chi connectivity index (χ2v) is 8.52. The van der Waals surface area contributed by atoms with Gasteiger partial charge in [-0.25, -0.2) is 9.78 Å². The molecule has 0 N–H and O–H groups in total. The molecule has 0 aliphatic carbocycles. The minimum absolute atomic E-state index is 0.0187. The van der Waals surface area contributed by atoms with Crippen LogP contribution in [-0.2, 0) is 33.5 Å². The van der Waals surface area contributed by atoms with Crippen molar-refractivity contribution in [3.63, 3.8) is 0 Å².